The van der Waals surface area contributed by atoms with Crippen molar-refractivity contribution in [1.29, 1.82) is 0 Å². The van der Waals surface area contributed by atoms with Crippen LogP contribution in [0.2, 0.25) is 0 Å². The number of alkyl carbamates (subject to hydrolysis) is 2. The third-order valence-electron chi connectivity index (χ3n) is 11.3. The molecule has 2 aromatic carbocycles. The average Bonchev–Trinajstić information content (AvgIpc) is 4.07. The van der Waals surface area contributed by atoms with E-state index in [1.54, 1.807) is 0 Å². The minimum absolute atomic E-state index is 0.0856. The molecule has 14 nitrogen and oxygen atoms in total. The highest BCUT2D eigenvalue weighted by Gasteiger charge is 2.41. The molecule has 2 aromatic heterocycles. The highest BCUT2D eigenvalue weighted by atomic mass is 16.5. The smallest absolute Gasteiger partial charge is 0.407 e. The molecular formula is C42H51N7O7. The van der Waals surface area contributed by atoms with Gasteiger partial charge in [0.2, 0.25) is 11.8 Å². The molecule has 56 heavy (non-hydrogen) atoms. The summed E-state index contributed by atoms with van der Waals surface area (Å²) in [7, 11) is 2.59. The van der Waals surface area contributed by atoms with Crippen molar-refractivity contribution in [3.05, 3.63) is 78.4 Å². The van der Waals surface area contributed by atoms with Gasteiger partial charge in [0.1, 0.15) is 17.9 Å². The number of ether oxygens (including phenoxy) is 3. The maximum absolute atomic E-state index is 13.8. The van der Waals surface area contributed by atoms with Crippen LogP contribution >= 0.6 is 0 Å². The van der Waals surface area contributed by atoms with Gasteiger partial charge in [0.25, 0.3) is 0 Å². The van der Waals surface area contributed by atoms with Gasteiger partial charge in [-0.3, -0.25) is 9.59 Å². The number of nitrogens with one attached hydrogen (secondary N) is 4. The molecule has 0 spiro atoms. The number of aromatic amines is 2. The van der Waals surface area contributed by atoms with E-state index in [-0.39, 0.29) is 35.7 Å². The maximum atomic E-state index is 13.8. The molecule has 4 amide bonds. The van der Waals surface area contributed by atoms with Crippen LogP contribution in [0.25, 0.3) is 33.6 Å². The first-order valence-electron chi connectivity index (χ1n) is 19.5. The monoisotopic (exact) mass is 765 g/mol. The third kappa shape index (κ3) is 8.15. The normalized spacial score (nSPS) is 20.6. The minimum Gasteiger partial charge on any atom is -0.453 e. The summed E-state index contributed by atoms with van der Waals surface area (Å²) >= 11 is 0. The van der Waals surface area contributed by atoms with Gasteiger partial charge >= 0.3 is 12.2 Å². The largest absolute Gasteiger partial charge is 0.453 e. The molecule has 0 aliphatic carbocycles. The number of carbonyl (C=O) groups excluding carboxylic acids is 4. The molecule has 3 fully saturated rings. The minimum atomic E-state index is -0.719. The molecule has 0 radical (unpaired) electrons. The van der Waals surface area contributed by atoms with Crippen LogP contribution in [0.4, 0.5) is 9.59 Å². The second kappa shape index (κ2) is 17.0. The number of H-pyrrole nitrogens is 2. The van der Waals surface area contributed by atoms with Gasteiger partial charge in [0.15, 0.2) is 0 Å². The fourth-order valence-electron chi connectivity index (χ4n) is 8.22. The van der Waals surface area contributed by atoms with E-state index in [9.17, 15) is 19.2 Å². The number of hydrogen-bond donors (Lipinski definition) is 4. The van der Waals surface area contributed by atoms with Crippen LogP contribution in [-0.2, 0) is 23.8 Å². The number of likely N-dealkylation sites (tertiary alicyclic amines) is 2. The summed E-state index contributed by atoms with van der Waals surface area (Å²) in [6.07, 6.45) is 4.61. The Kier molecular flexibility index (Phi) is 11.7. The molecule has 4 N–H and O–H groups in total. The number of benzene rings is 2. The lowest BCUT2D eigenvalue weighted by Crippen LogP contribution is -2.52. The number of rotatable bonds is 11. The Morgan fingerprint density at radius 2 is 1.32 bits per heavy atom. The predicted octanol–water partition coefficient (Wildman–Crippen LogP) is 6.21. The third-order valence-corrected chi connectivity index (χ3v) is 11.3. The molecule has 7 rings (SSSR count). The molecule has 5 atom stereocenters. The molecule has 4 aromatic rings. The summed E-state index contributed by atoms with van der Waals surface area (Å²) in [6, 6.07) is 19.1. The standard InChI is InChI=1S/C42H51N7O7/c1-25(2)36(46-41(52)54-3)39(50)48-20-5-7-34(48)32-18-17-31(44-32)28-13-9-26(10-14-28)27-11-15-29(16-12-27)33-23-43-38(45-33)35-8-6-21-49(35)40(51)37(47-42(53)55-4)30-19-22-56-24-30/h9-18,23,25,30,34-37,44H,5-8,19-22,24H2,1-4H3,(H,43,45)(H,46,52)(H,47,53)/t30?,34?,35-,36-,37-/m0/s1. The Bertz CT molecular complexity index is 2000. The SMILES string of the molecule is COC(=O)N[C@H](C(=O)N1CCCC1c1ccc(-c2ccc(-c3ccc(-c4cnc([C@@H]5CCCN5C(=O)[C@@H](NC(=O)OC)C5CCOC5)[nH]4)cc3)cc2)[nH]1)C(C)C. The van der Waals surface area contributed by atoms with Crippen molar-refractivity contribution in [2.45, 2.75) is 70.1 Å². The fourth-order valence-corrected chi connectivity index (χ4v) is 8.22. The van der Waals surface area contributed by atoms with Gasteiger partial charge in [-0.2, -0.15) is 0 Å². The lowest BCUT2D eigenvalue weighted by molar-refractivity contribution is -0.136. The van der Waals surface area contributed by atoms with Crippen LogP contribution in [0.15, 0.2) is 66.9 Å². The molecule has 3 saturated heterocycles. The summed E-state index contributed by atoms with van der Waals surface area (Å²) in [5, 5.41) is 5.47. The molecular weight excluding hydrogens is 715 g/mol. The highest BCUT2D eigenvalue weighted by Crippen LogP contribution is 2.36. The summed E-state index contributed by atoms with van der Waals surface area (Å²) in [4.78, 5) is 66.9. The molecule has 5 heterocycles. The van der Waals surface area contributed by atoms with Crippen molar-refractivity contribution in [2.24, 2.45) is 11.8 Å². The average molecular weight is 766 g/mol. The number of aromatic nitrogens is 3. The molecule has 14 heteroatoms. The first-order valence-corrected chi connectivity index (χ1v) is 19.5. The van der Waals surface area contributed by atoms with E-state index in [0.29, 0.717) is 32.7 Å². The molecule has 2 unspecified atom stereocenters. The highest BCUT2D eigenvalue weighted by molar-refractivity contribution is 5.87. The summed E-state index contributed by atoms with van der Waals surface area (Å²) in [6.45, 7) is 6.03. The summed E-state index contributed by atoms with van der Waals surface area (Å²) < 4.78 is 15.1. The zero-order valence-corrected chi connectivity index (χ0v) is 32.4. The number of carbonyl (C=O) groups is 4. The fraction of sp³-hybridized carbons (Fsp3) is 0.452. The Morgan fingerprint density at radius 1 is 0.732 bits per heavy atom. The molecule has 3 aliphatic heterocycles. The zero-order valence-electron chi connectivity index (χ0n) is 32.4. The summed E-state index contributed by atoms with van der Waals surface area (Å²) in [5.74, 6) is 0.282. The molecule has 0 bridgehead atoms. The van der Waals surface area contributed by atoms with Crippen molar-refractivity contribution in [2.75, 3.05) is 40.5 Å². The van der Waals surface area contributed by atoms with E-state index < -0.39 is 24.3 Å². The van der Waals surface area contributed by atoms with Gasteiger partial charge in [-0.05, 0) is 72.4 Å². The van der Waals surface area contributed by atoms with E-state index in [1.807, 2.05) is 42.0 Å². The Balaban J connectivity index is 0.999. The molecule has 3 aliphatic rings. The van der Waals surface area contributed by atoms with Crippen molar-refractivity contribution in [3.63, 3.8) is 0 Å². The quantitative estimate of drug-likeness (QED) is 0.140. The second-order valence-electron chi connectivity index (χ2n) is 15.1. The first-order chi connectivity index (χ1) is 27.1. The van der Waals surface area contributed by atoms with E-state index in [0.717, 1.165) is 70.8 Å². The van der Waals surface area contributed by atoms with Crippen LogP contribution in [-0.4, -0.2) is 101 Å². The molecule has 296 valence electrons. The van der Waals surface area contributed by atoms with Gasteiger partial charge in [-0.25, -0.2) is 14.6 Å². The number of nitrogens with zero attached hydrogens (tertiary/aromatic N) is 3. The van der Waals surface area contributed by atoms with Crippen LogP contribution in [0.5, 0.6) is 0 Å². The van der Waals surface area contributed by atoms with E-state index >= 15 is 0 Å². The second-order valence-corrected chi connectivity index (χ2v) is 15.1. The van der Waals surface area contributed by atoms with Crippen molar-refractivity contribution in [1.82, 2.24) is 35.4 Å². The van der Waals surface area contributed by atoms with Crippen LogP contribution in [0.1, 0.15) is 69.6 Å². The van der Waals surface area contributed by atoms with Gasteiger partial charge in [0, 0.05) is 37.0 Å². The number of methoxy groups -OCH3 is 2. The van der Waals surface area contributed by atoms with Gasteiger partial charge in [0.05, 0.1) is 44.8 Å². The van der Waals surface area contributed by atoms with E-state index in [1.165, 1.54) is 14.2 Å². The number of amides is 4. The first kappa shape index (κ1) is 38.6. The molecule has 0 saturated carbocycles. The van der Waals surface area contributed by atoms with Crippen molar-refractivity contribution < 1.29 is 33.4 Å². The number of imidazole rings is 1. The lowest BCUT2D eigenvalue weighted by Gasteiger charge is -2.30. The zero-order chi connectivity index (χ0) is 39.3. The van der Waals surface area contributed by atoms with Crippen LogP contribution < -0.4 is 10.6 Å². The topological polar surface area (TPSA) is 171 Å². The van der Waals surface area contributed by atoms with Gasteiger partial charge in [-0.1, -0.05) is 62.4 Å². The summed E-state index contributed by atoms with van der Waals surface area (Å²) in [5.41, 5.74) is 6.96. The van der Waals surface area contributed by atoms with Gasteiger partial charge < -0.3 is 44.6 Å². The van der Waals surface area contributed by atoms with E-state index in [2.05, 4.69) is 69.1 Å². The number of hydrogen-bond acceptors (Lipinski definition) is 8. The van der Waals surface area contributed by atoms with Crippen LogP contribution in [0, 0.1) is 11.8 Å². The van der Waals surface area contributed by atoms with Crippen LogP contribution in [0.3, 0.4) is 0 Å². The predicted molar refractivity (Wildman–Crippen MR) is 209 cm³/mol. The Labute approximate surface area is 326 Å². The van der Waals surface area contributed by atoms with Crippen molar-refractivity contribution in [3.8, 4) is 33.6 Å². The Morgan fingerprint density at radius 3 is 1.93 bits per heavy atom. The maximum Gasteiger partial charge on any atom is 0.407 e. The van der Waals surface area contributed by atoms with Gasteiger partial charge in [-0.15, -0.1) is 0 Å². The lowest BCUT2D eigenvalue weighted by atomic mass is 9.97. The Hall–Kier alpha value is -5.63. The van der Waals surface area contributed by atoms with Crippen molar-refractivity contribution >= 4 is 24.0 Å². The van der Waals surface area contributed by atoms with E-state index in [4.69, 9.17) is 19.2 Å².